The smallest absolute Gasteiger partial charge is 0.270 e. The van der Waals surface area contributed by atoms with Gasteiger partial charge in [-0.1, -0.05) is 62.4 Å². The zero-order chi connectivity index (χ0) is 21.8. The van der Waals surface area contributed by atoms with Gasteiger partial charge in [-0.15, -0.1) is 0 Å². The molecule has 31 heavy (non-hydrogen) atoms. The summed E-state index contributed by atoms with van der Waals surface area (Å²) in [6.07, 6.45) is 1.51. The van der Waals surface area contributed by atoms with Crippen molar-refractivity contribution in [1.82, 2.24) is 14.4 Å². The third kappa shape index (κ3) is 4.82. The van der Waals surface area contributed by atoms with E-state index in [1.807, 2.05) is 46.2 Å². The van der Waals surface area contributed by atoms with E-state index in [2.05, 4.69) is 42.7 Å². The lowest BCUT2D eigenvalue weighted by Crippen LogP contribution is -2.50. The fourth-order valence-corrected chi connectivity index (χ4v) is 4.22. The largest absolute Gasteiger partial charge is 0.339 e. The number of piperazine rings is 1. The summed E-state index contributed by atoms with van der Waals surface area (Å²) in [6, 6.07) is 20.4. The zero-order valence-corrected chi connectivity index (χ0v) is 18.5. The Labute approximate surface area is 184 Å². The van der Waals surface area contributed by atoms with Crippen LogP contribution in [0, 0.1) is 5.92 Å². The number of hydrogen-bond donors (Lipinski definition) is 0. The molecule has 0 radical (unpaired) electrons. The van der Waals surface area contributed by atoms with Crippen LogP contribution in [-0.2, 0) is 11.3 Å². The van der Waals surface area contributed by atoms with Gasteiger partial charge >= 0.3 is 0 Å². The number of para-hydroxylation sites is 1. The van der Waals surface area contributed by atoms with Crippen LogP contribution in [0.1, 0.15) is 42.7 Å². The summed E-state index contributed by atoms with van der Waals surface area (Å²) in [7, 11) is 0. The molecule has 0 spiro atoms. The molecule has 2 heterocycles. The summed E-state index contributed by atoms with van der Waals surface area (Å²) in [6.45, 7) is 7.32. The van der Waals surface area contributed by atoms with Crippen molar-refractivity contribution in [3.63, 3.8) is 0 Å². The van der Waals surface area contributed by atoms with Gasteiger partial charge in [0.25, 0.3) is 5.91 Å². The van der Waals surface area contributed by atoms with E-state index in [1.165, 1.54) is 5.56 Å². The molecule has 2 aromatic carbocycles. The molecule has 3 aromatic rings. The quantitative estimate of drug-likeness (QED) is 0.596. The molecule has 1 aliphatic rings. The van der Waals surface area contributed by atoms with Crippen LogP contribution in [0.5, 0.6) is 0 Å². The lowest BCUT2D eigenvalue weighted by atomic mass is 10.1. The van der Waals surface area contributed by atoms with E-state index in [0.717, 1.165) is 17.3 Å². The summed E-state index contributed by atoms with van der Waals surface area (Å²) < 4.78 is 2.12. The van der Waals surface area contributed by atoms with Crippen molar-refractivity contribution in [2.24, 2.45) is 5.92 Å². The van der Waals surface area contributed by atoms with Crippen molar-refractivity contribution >= 4 is 22.7 Å². The van der Waals surface area contributed by atoms with Crippen LogP contribution >= 0.6 is 0 Å². The lowest BCUT2D eigenvalue weighted by molar-refractivity contribution is -0.132. The van der Waals surface area contributed by atoms with Gasteiger partial charge in [-0.05, 0) is 30.0 Å². The summed E-state index contributed by atoms with van der Waals surface area (Å²) in [5, 5.41) is 1.07. The highest BCUT2D eigenvalue weighted by molar-refractivity contribution is 5.99. The number of carbonyl (C=O) groups is 2. The van der Waals surface area contributed by atoms with E-state index in [1.54, 1.807) is 0 Å². The maximum absolute atomic E-state index is 13.5. The van der Waals surface area contributed by atoms with Gasteiger partial charge in [0.2, 0.25) is 5.91 Å². The Morgan fingerprint density at radius 2 is 1.52 bits per heavy atom. The number of aromatic nitrogens is 1. The maximum atomic E-state index is 13.5. The number of fused-ring (bicyclic) bond motifs is 1. The van der Waals surface area contributed by atoms with E-state index >= 15 is 0 Å². The monoisotopic (exact) mass is 417 g/mol. The van der Waals surface area contributed by atoms with Crippen molar-refractivity contribution in [2.75, 3.05) is 26.2 Å². The predicted molar refractivity (Wildman–Crippen MR) is 124 cm³/mol. The minimum Gasteiger partial charge on any atom is -0.339 e. The first-order chi connectivity index (χ1) is 15.0. The van der Waals surface area contributed by atoms with Gasteiger partial charge in [0.15, 0.2) is 0 Å². The van der Waals surface area contributed by atoms with Crippen molar-refractivity contribution in [3.05, 3.63) is 71.9 Å². The molecule has 0 bridgehead atoms. The number of rotatable bonds is 6. The first-order valence-electron chi connectivity index (χ1n) is 11.2. The van der Waals surface area contributed by atoms with E-state index in [9.17, 15) is 9.59 Å². The molecule has 162 valence electrons. The zero-order valence-electron chi connectivity index (χ0n) is 18.5. The first-order valence-corrected chi connectivity index (χ1v) is 11.2. The number of carbonyl (C=O) groups excluding carboxylic acids is 2. The number of nitrogens with zero attached hydrogens (tertiary/aromatic N) is 3. The Morgan fingerprint density at radius 3 is 2.23 bits per heavy atom. The van der Waals surface area contributed by atoms with Gasteiger partial charge in [-0.25, -0.2) is 0 Å². The molecule has 1 fully saturated rings. The Hall–Kier alpha value is -3.08. The highest BCUT2D eigenvalue weighted by Crippen LogP contribution is 2.23. The van der Waals surface area contributed by atoms with Crippen LogP contribution in [0.3, 0.4) is 0 Å². The Morgan fingerprint density at radius 1 is 0.871 bits per heavy atom. The van der Waals surface area contributed by atoms with E-state index in [0.29, 0.717) is 50.8 Å². The predicted octanol–water partition coefficient (Wildman–Crippen LogP) is 4.41. The molecule has 1 aliphatic heterocycles. The Balaban J connectivity index is 1.51. The number of amides is 2. The van der Waals surface area contributed by atoms with E-state index in [-0.39, 0.29) is 11.8 Å². The molecule has 1 aromatic heterocycles. The van der Waals surface area contributed by atoms with Gasteiger partial charge in [0.1, 0.15) is 5.69 Å². The molecule has 0 N–H and O–H groups in total. The van der Waals surface area contributed by atoms with Crippen molar-refractivity contribution in [3.8, 4) is 0 Å². The number of hydrogen-bond acceptors (Lipinski definition) is 2. The third-order valence-electron chi connectivity index (χ3n) is 6.07. The second kappa shape index (κ2) is 9.38. The molecular weight excluding hydrogens is 386 g/mol. The molecule has 5 nitrogen and oxygen atoms in total. The average Bonchev–Trinajstić information content (AvgIpc) is 3.16. The molecule has 2 amide bonds. The summed E-state index contributed by atoms with van der Waals surface area (Å²) in [5.41, 5.74) is 2.94. The average molecular weight is 418 g/mol. The fourth-order valence-electron chi connectivity index (χ4n) is 4.22. The second-order valence-corrected chi connectivity index (χ2v) is 8.77. The van der Waals surface area contributed by atoms with Crippen molar-refractivity contribution < 1.29 is 9.59 Å². The van der Waals surface area contributed by atoms with Crippen LogP contribution in [0.25, 0.3) is 10.9 Å². The Kier molecular flexibility index (Phi) is 6.40. The summed E-state index contributed by atoms with van der Waals surface area (Å²) in [4.78, 5) is 29.7. The van der Waals surface area contributed by atoms with Gasteiger partial charge in [0.05, 0.1) is 0 Å². The highest BCUT2D eigenvalue weighted by Gasteiger charge is 2.27. The normalized spacial score (nSPS) is 14.4. The molecule has 0 unspecified atom stereocenters. The molecule has 1 saturated heterocycles. The fraction of sp³-hybridized carbons (Fsp3) is 0.385. The van der Waals surface area contributed by atoms with Gasteiger partial charge < -0.3 is 14.4 Å². The van der Waals surface area contributed by atoms with Crippen LogP contribution < -0.4 is 0 Å². The van der Waals surface area contributed by atoms with E-state index in [4.69, 9.17) is 0 Å². The van der Waals surface area contributed by atoms with Crippen LogP contribution in [-0.4, -0.2) is 52.4 Å². The van der Waals surface area contributed by atoms with E-state index < -0.39 is 0 Å². The lowest BCUT2D eigenvalue weighted by Gasteiger charge is -2.35. The number of benzene rings is 2. The minimum atomic E-state index is 0.0430. The van der Waals surface area contributed by atoms with Crippen LogP contribution in [0.4, 0.5) is 0 Å². The van der Waals surface area contributed by atoms with Crippen LogP contribution in [0.15, 0.2) is 60.7 Å². The topological polar surface area (TPSA) is 45.6 Å². The molecule has 0 saturated carbocycles. The third-order valence-corrected chi connectivity index (χ3v) is 6.07. The van der Waals surface area contributed by atoms with Gasteiger partial charge in [-0.3, -0.25) is 9.59 Å². The molecule has 0 aliphatic carbocycles. The second-order valence-electron chi connectivity index (χ2n) is 8.77. The van der Waals surface area contributed by atoms with Gasteiger partial charge in [-0.2, -0.15) is 0 Å². The van der Waals surface area contributed by atoms with Crippen molar-refractivity contribution in [1.29, 1.82) is 0 Å². The maximum Gasteiger partial charge on any atom is 0.270 e. The molecule has 4 rings (SSSR count). The highest BCUT2D eigenvalue weighted by atomic mass is 16.2. The minimum absolute atomic E-state index is 0.0430. The summed E-state index contributed by atoms with van der Waals surface area (Å²) in [5.74, 6) is 0.777. The molecule has 0 atom stereocenters. The SMILES string of the molecule is CC(C)CCC(=O)N1CCN(C(=O)c2cc3ccccc3n2Cc2ccccc2)CC1. The first kappa shape index (κ1) is 21.2. The molecule has 5 heteroatoms. The molecular formula is C26H31N3O2. The van der Waals surface area contributed by atoms with Gasteiger partial charge in [0, 0.05) is 50.0 Å². The van der Waals surface area contributed by atoms with Crippen LogP contribution in [0.2, 0.25) is 0 Å². The Bertz CT molecular complexity index is 1050. The summed E-state index contributed by atoms with van der Waals surface area (Å²) >= 11 is 0. The standard InChI is InChI=1S/C26H31N3O2/c1-20(2)12-13-25(30)27-14-16-28(17-15-27)26(31)24-18-22-10-6-7-11-23(22)29(24)19-21-8-4-3-5-9-21/h3-11,18,20H,12-17,19H2,1-2H3. The van der Waals surface area contributed by atoms with Crippen molar-refractivity contribution in [2.45, 2.75) is 33.2 Å².